The van der Waals surface area contributed by atoms with Gasteiger partial charge in [-0.3, -0.25) is 14.9 Å². The fourth-order valence-electron chi connectivity index (χ4n) is 2.20. The molecule has 0 aliphatic rings. The van der Waals surface area contributed by atoms with E-state index in [0.29, 0.717) is 5.56 Å². The number of phenolic OH excluding ortho intramolecular Hbond substituents is 1. The van der Waals surface area contributed by atoms with Crippen molar-refractivity contribution in [2.75, 3.05) is 0 Å². The lowest BCUT2D eigenvalue weighted by atomic mass is 10.1. The number of rotatable bonds is 5. The number of nitro groups is 1. The van der Waals surface area contributed by atoms with Crippen molar-refractivity contribution in [1.29, 1.82) is 5.26 Å². The Labute approximate surface area is 144 Å². The van der Waals surface area contributed by atoms with Crippen molar-refractivity contribution < 1.29 is 14.8 Å². The highest BCUT2D eigenvalue weighted by Crippen LogP contribution is 2.27. The molecule has 0 aromatic heterocycles. The van der Waals surface area contributed by atoms with E-state index in [1.165, 1.54) is 12.1 Å². The van der Waals surface area contributed by atoms with E-state index < -0.39 is 22.3 Å². The number of hydrogen-bond acceptors (Lipinski definition) is 5. The molecular formula is C18H15N3O4. The molecule has 0 saturated heterocycles. The molecule has 0 bridgehead atoms. The van der Waals surface area contributed by atoms with Gasteiger partial charge in [-0.2, -0.15) is 5.26 Å². The summed E-state index contributed by atoms with van der Waals surface area (Å²) in [4.78, 5) is 22.2. The minimum Gasteiger partial charge on any atom is -0.502 e. The first-order valence-electron chi connectivity index (χ1n) is 7.37. The van der Waals surface area contributed by atoms with Crippen molar-refractivity contribution in [3.05, 3.63) is 75.3 Å². The Morgan fingerprint density at radius 3 is 2.56 bits per heavy atom. The summed E-state index contributed by atoms with van der Waals surface area (Å²) in [5.74, 6) is -1.11. The number of phenols is 1. The van der Waals surface area contributed by atoms with E-state index in [9.17, 15) is 25.3 Å². The van der Waals surface area contributed by atoms with Gasteiger partial charge in [0.05, 0.1) is 11.0 Å². The van der Waals surface area contributed by atoms with Crippen LogP contribution < -0.4 is 5.32 Å². The van der Waals surface area contributed by atoms with Gasteiger partial charge in [-0.25, -0.2) is 0 Å². The van der Waals surface area contributed by atoms with E-state index in [2.05, 4.69) is 5.32 Å². The second-order valence-corrected chi connectivity index (χ2v) is 5.28. The molecule has 7 nitrogen and oxygen atoms in total. The number of nitriles is 1. The van der Waals surface area contributed by atoms with Gasteiger partial charge in [0.15, 0.2) is 5.75 Å². The van der Waals surface area contributed by atoms with E-state index >= 15 is 0 Å². The third-order valence-corrected chi connectivity index (χ3v) is 3.52. The zero-order chi connectivity index (χ0) is 18.4. The normalized spacial score (nSPS) is 12.1. The maximum absolute atomic E-state index is 12.2. The van der Waals surface area contributed by atoms with Crippen LogP contribution in [0.4, 0.5) is 5.69 Å². The molecule has 0 aliphatic heterocycles. The molecule has 0 heterocycles. The van der Waals surface area contributed by atoms with Crippen LogP contribution in [0.2, 0.25) is 0 Å². The number of hydrogen-bond donors (Lipinski definition) is 2. The zero-order valence-electron chi connectivity index (χ0n) is 13.3. The van der Waals surface area contributed by atoms with E-state index in [-0.39, 0.29) is 11.6 Å². The largest absolute Gasteiger partial charge is 0.502 e. The minimum absolute atomic E-state index is 0.170. The standard InChI is InChI=1S/C18H15N3O4/c1-12(14-5-3-2-4-6-14)20-18(23)15(11-19)9-13-7-8-16(21(24)25)17(22)10-13/h2-10,12,22H,1H3,(H,20,23)/b15-9+/t12-/m1/s1. The number of aromatic hydroxyl groups is 1. The first kappa shape index (κ1) is 17.7. The lowest BCUT2D eigenvalue weighted by molar-refractivity contribution is -0.385. The lowest BCUT2D eigenvalue weighted by Gasteiger charge is -2.13. The van der Waals surface area contributed by atoms with Crippen LogP contribution in [0, 0.1) is 21.4 Å². The molecule has 2 rings (SSSR count). The quantitative estimate of drug-likeness (QED) is 0.376. The fourth-order valence-corrected chi connectivity index (χ4v) is 2.20. The lowest BCUT2D eigenvalue weighted by Crippen LogP contribution is -2.27. The summed E-state index contributed by atoms with van der Waals surface area (Å²) in [6.07, 6.45) is 1.26. The van der Waals surface area contributed by atoms with E-state index in [1.54, 1.807) is 13.0 Å². The molecule has 0 fully saturated rings. The molecule has 1 amide bonds. The third-order valence-electron chi connectivity index (χ3n) is 3.52. The van der Waals surface area contributed by atoms with Gasteiger partial charge in [-0.15, -0.1) is 0 Å². The van der Waals surface area contributed by atoms with Gasteiger partial charge >= 0.3 is 5.69 Å². The zero-order valence-corrected chi connectivity index (χ0v) is 13.3. The van der Waals surface area contributed by atoms with Gasteiger partial charge in [-0.05, 0) is 36.3 Å². The highest BCUT2D eigenvalue weighted by atomic mass is 16.6. The molecule has 0 spiro atoms. The van der Waals surface area contributed by atoms with Crippen LogP contribution in [-0.2, 0) is 4.79 Å². The first-order valence-corrected chi connectivity index (χ1v) is 7.37. The molecule has 0 aliphatic carbocycles. The van der Waals surface area contributed by atoms with E-state index in [4.69, 9.17) is 0 Å². The summed E-state index contributed by atoms with van der Waals surface area (Å²) in [5.41, 5.74) is 0.581. The molecule has 126 valence electrons. The van der Waals surface area contributed by atoms with E-state index in [0.717, 1.165) is 17.7 Å². The molecule has 2 aromatic carbocycles. The maximum Gasteiger partial charge on any atom is 0.310 e. The number of nitrogens with zero attached hydrogens (tertiary/aromatic N) is 2. The van der Waals surface area contributed by atoms with Crippen molar-refractivity contribution in [2.24, 2.45) is 0 Å². The summed E-state index contributed by atoms with van der Waals surface area (Å²) < 4.78 is 0. The molecule has 2 N–H and O–H groups in total. The first-order chi connectivity index (χ1) is 11.9. The Bertz CT molecular complexity index is 870. The summed E-state index contributed by atoms with van der Waals surface area (Å²) in [6.45, 7) is 1.79. The number of nitro benzene ring substituents is 1. The Kier molecular flexibility index (Phi) is 5.48. The van der Waals surface area contributed by atoms with Gasteiger partial charge in [0, 0.05) is 6.07 Å². The second-order valence-electron chi connectivity index (χ2n) is 5.28. The SMILES string of the molecule is C[C@@H](NC(=O)/C(C#N)=C/c1ccc([N+](=O)[O-])c(O)c1)c1ccccc1. The smallest absolute Gasteiger partial charge is 0.310 e. The van der Waals surface area contributed by atoms with Crippen LogP contribution in [0.5, 0.6) is 5.75 Å². The molecular weight excluding hydrogens is 322 g/mol. The van der Waals surface area contributed by atoms with Crippen LogP contribution in [-0.4, -0.2) is 15.9 Å². The molecule has 0 radical (unpaired) electrons. The monoisotopic (exact) mass is 337 g/mol. The Morgan fingerprint density at radius 1 is 1.32 bits per heavy atom. The molecule has 1 atom stereocenters. The Hall–Kier alpha value is -3.66. The molecule has 25 heavy (non-hydrogen) atoms. The van der Waals surface area contributed by atoms with Crippen molar-refractivity contribution >= 4 is 17.7 Å². The van der Waals surface area contributed by atoms with Crippen molar-refractivity contribution in [3.8, 4) is 11.8 Å². The maximum atomic E-state index is 12.2. The summed E-state index contributed by atoms with van der Waals surface area (Å²) in [5, 5.41) is 32.2. The predicted molar refractivity (Wildman–Crippen MR) is 91.4 cm³/mol. The van der Waals surface area contributed by atoms with Crippen LogP contribution in [0.1, 0.15) is 24.1 Å². The van der Waals surface area contributed by atoms with Crippen molar-refractivity contribution in [2.45, 2.75) is 13.0 Å². The predicted octanol–water partition coefficient (Wildman–Crippen LogP) is 3.08. The number of nitrogens with one attached hydrogen (secondary N) is 1. The van der Waals surface area contributed by atoms with Crippen LogP contribution in [0.25, 0.3) is 6.08 Å². The Balaban J connectivity index is 2.20. The third kappa shape index (κ3) is 4.42. The number of amides is 1. The highest BCUT2D eigenvalue weighted by molar-refractivity contribution is 6.01. The van der Waals surface area contributed by atoms with Gasteiger partial charge in [-0.1, -0.05) is 30.3 Å². The molecule has 2 aromatic rings. The van der Waals surface area contributed by atoms with Crippen molar-refractivity contribution in [3.63, 3.8) is 0 Å². The van der Waals surface area contributed by atoms with Gasteiger partial charge < -0.3 is 10.4 Å². The molecule has 0 saturated carbocycles. The number of carbonyl (C=O) groups excluding carboxylic acids is 1. The Morgan fingerprint density at radius 2 is 2.00 bits per heavy atom. The summed E-state index contributed by atoms with van der Waals surface area (Å²) in [7, 11) is 0. The molecule has 7 heteroatoms. The van der Waals surface area contributed by atoms with Gasteiger partial charge in [0.25, 0.3) is 5.91 Å². The fraction of sp³-hybridized carbons (Fsp3) is 0.111. The van der Waals surface area contributed by atoms with Crippen LogP contribution >= 0.6 is 0 Å². The molecule has 0 unspecified atom stereocenters. The van der Waals surface area contributed by atoms with Gasteiger partial charge in [0.2, 0.25) is 0 Å². The average Bonchev–Trinajstić information content (AvgIpc) is 2.60. The highest BCUT2D eigenvalue weighted by Gasteiger charge is 2.16. The summed E-state index contributed by atoms with van der Waals surface area (Å²) >= 11 is 0. The van der Waals surface area contributed by atoms with Crippen LogP contribution in [0.3, 0.4) is 0 Å². The number of carbonyl (C=O) groups is 1. The van der Waals surface area contributed by atoms with Gasteiger partial charge in [0.1, 0.15) is 11.6 Å². The van der Waals surface area contributed by atoms with Crippen LogP contribution in [0.15, 0.2) is 54.1 Å². The average molecular weight is 337 g/mol. The minimum atomic E-state index is -0.720. The topological polar surface area (TPSA) is 116 Å². The van der Waals surface area contributed by atoms with E-state index in [1.807, 2.05) is 30.3 Å². The second kappa shape index (κ2) is 7.75. The summed E-state index contributed by atoms with van der Waals surface area (Å²) in [6, 6.07) is 14.4. The number of benzene rings is 2. The van der Waals surface area contributed by atoms with Crippen molar-refractivity contribution in [1.82, 2.24) is 5.32 Å².